The van der Waals surface area contributed by atoms with Crippen LogP contribution in [0.15, 0.2) is 29.0 Å². The van der Waals surface area contributed by atoms with Gasteiger partial charge >= 0.3 is 0 Å². The maximum atomic E-state index is 12.8. The predicted octanol–water partition coefficient (Wildman–Crippen LogP) is 4.16. The first-order valence-electron chi connectivity index (χ1n) is 11.2. The second-order valence-corrected chi connectivity index (χ2v) is 8.59. The van der Waals surface area contributed by atoms with Crippen molar-refractivity contribution in [1.29, 1.82) is 0 Å². The molecule has 4 rings (SSSR count). The topological polar surface area (TPSA) is 75.4 Å². The largest absolute Gasteiger partial charge is 0.459 e. The Balaban J connectivity index is 1.37. The molecule has 1 aliphatic carbocycles. The quantitative estimate of drug-likeness (QED) is 0.777. The van der Waals surface area contributed by atoms with Gasteiger partial charge in [-0.05, 0) is 54.5 Å². The average Bonchev–Trinajstić information content (AvgIpc) is 3.32. The number of amides is 2. The normalized spacial score (nSPS) is 16.9. The molecule has 30 heavy (non-hydrogen) atoms. The third-order valence-electron chi connectivity index (χ3n) is 6.61. The minimum atomic E-state index is -0.229. The van der Waals surface area contributed by atoms with E-state index in [0.717, 1.165) is 42.1 Å². The molecule has 0 saturated heterocycles. The van der Waals surface area contributed by atoms with Gasteiger partial charge in [-0.25, -0.2) is 0 Å². The first-order valence-corrected chi connectivity index (χ1v) is 11.2. The first-order chi connectivity index (χ1) is 14.6. The van der Waals surface area contributed by atoms with Gasteiger partial charge in [0.15, 0.2) is 5.76 Å². The molecule has 0 atom stereocenters. The molecule has 2 aromatic heterocycles. The van der Waals surface area contributed by atoms with Gasteiger partial charge in [-0.3, -0.25) is 14.6 Å². The van der Waals surface area contributed by atoms with Crippen molar-refractivity contribution < 1.29 is 14.0 Å². The monoisotopic (exact) mass is 409 g/mol. The summed E-state index contributed by atoms with van der Waals surface area (Å²) in [6.07, 6.45) is 12.4. The molecular weight excluding hydrogens is 378 g/mol. The second kappa shape index (κ2) is 9.45. The summed E-state index contributed by atoms with van der Waals surface area (Å²) >= 11 is 0. The molecular formula is C24H31N3O3. The molecule has 160 valence electrons. The Hall–Kier alpha value is -2.63. The number of rotatable bonds is 6. The Labute approximate surface area is 178 Å². The third-order valence-corrected chi connectivity index (χ3v) is 6.61. The maximum absolute atomic E-state index is 12.8. The average molecular weight is 410 g/mol. The molecule has 0 radical (unpaired) electrons. The molecule has 2 aliphatic rings. The zero-order valence-corrected chi connectivity index (χ0v) is 17.8. The summed E-state index contributed by atoms with van der Waals surface area (Å²) in [4.78, 5) is 31.5. The molecule has 1 aliphatic heterocycles. The van der Waals surface area contributed by atoms with Gasteiger partial charge in [-0.1, -0.05) is 32.1 Å². The fourth-order valence-electron chi connectivity index (χ4n) is 4.79. The fourth-order valence-corrected chi connectivity index (χ4v) is 4.79. The number of carbonyl (C=O) groups is 2. The predicted molar refractivity (Wildman–Crippen MR) is 114 cm³/mol. The summed E-state index contributed by atoms with van der Waals surface area (Å²) in [5, 5.41) is 2.93. The van der Waals surface area contributed by atoms with Crippen LogP contribution >= 0.6 is 0 Å². The number of pyridine rings is 1. The SMILES string of the molecule is Cc1ncc2c(c1CNC(=O)c1ccco1)CCN(C(=O)CCC1CCCCC1)C2. The lowest BCUT2D eigenvalue weighted by Crippen LogP contribution is -2.37. The number of aryl methyl sites for hydroxylation is 1. The standard InChI is InChI=1S/C24H31N3O3/c1-17-21(15-26-24(29)22-8-5-13-30-22)20-11-12-27(16-19(20)14-25-17)23(28)10-9-18-6-3-2-4-7-18/h5,8,13-14,18H,2-4,6-7,9-12,15-16H2,1H3,(H,26,29). The van der Waals surface area contributed by atoms with Crippen molar-refractivity contribution in [2.75, 3.05) is 6.54 Å². The van der Waals surface area contributed by atoms with Crippen LogP contribution in [-0.2, 0) is 24.3 Å². The van der Waals surface area contributed by atoms with E-state index in [-0.39, 0.29) is 11.8 Å². The van der Waals surface area contributed by atoms with Gasteiger partial charge in [0.05, 0.1) is 6.26 Å². The van der Waals surface area contributed by atoms with Crippen LogP contribution in [0.4, 0.5) is 0 Å². The molecule has 6 heteroatoms. The van der Waals surface area contributed by atoms with Gasteiger partial charge in [0, 0.05) is 37.9 Å². The number of aromatic nitrogens is 1. The highest BCUT2D eigenvalue weighted by molar-refractivity contribution is 5.91. The Bertz CT molecular complexity index is 885. The summed E-state index contributed by atoms with van der Waals surface area (Å²) in [6, 6.07) is 3.35. The number of fused-ring (bicyclic) bond motifs is 1. The van der Waals surface area contributed by atoms with Gasteiger partial charge in [0.1, 0.15) is 0 Å². The number of hydrogen-bond donors (Lipinski definition) is 1. The molecule has 0 aromatic carbocycles. The Morgan fingerprint density at radius 3 is 2.87 bits per heavy atom. The van der Waals surface area contributed by atoms with Crippen LogP contribution in [0.3, 0.4) is 0 Å². The number of nitrogens with one attached hydrogen (secondary N) is 1. The van der Waals surface area contributed by atoms with E-state index in [1.165, 1.54) is 43.9 Å². The fraction of sp³-hybridized carbons (Fsp3) is 0.542. The number of nitrogens with zero attached hydrogens (tertiary/aromatic N) is 2. The van der Waals surface area contributed by atoms with Gasteiger partial charge in [-0.15, -0.1) is 0 Å². The van der Waals surface area contributed by atoms with Crippen LogP contribution in [0, 0.1) is 12.8 Å². The van der Waals surface area contributed by atoms with Crippen LogP contribution in [0.1, 0.15) is 77.9 Å². The van der Waals surface area contributed by atoms with E-state index in [0.29, 0.717) is 25.3 Å². The zero-order chi connectivity index (χ0) is 20.9. The maximum Gasteiger partial charge on any atom is 0.287 e. The summed E-state index contributed by atoms with van der Waals surface area (Å²) in [7, 11) is 0. The van der Waals surface area contributed by atoms with Crippen LogP contribution < -0.4 is 5.32 Å². The first kappa shape index (κ1) is 20.6. The highest BCUT2D eigenvalue weighted by Crippen LogP contribution is 2.29. The number of carbonyl (C=O) groups excluding carboxylic acids is 2. The lowest BCUT2D eigenvalue weighted by atomic mass is 9.86. The van der Waals surface area contributed by atoms with E-state index in [1.54, 1.807) is 12.1 Å². The van der Waals surface area contributed by atoms with Crippen molar-refractivity contribution >= 4 is 11.8 Å². The van der Waals surface area contributed by atoms with E-state index in [9.17, 15) is 9.59 Å². The van der Waals surface area contributed by atoms with Crippen LogP contribution in [0.5, 0.6) is 0 Å². The molecule has 3 heterocycles. The van der Waals surface area contributed by atoms with Crippen molar-refractivity contribution in [3.63, 3.8) is 0 Å². The molecule has 1 fully saturated rings. The van der Waals surface area contributed by atoms with Crippen molar-refractivity contribution in [3.8, 4) is 0 Å². The lowest BCUT2D eigenvalue weighted by Gasteiger charge is -2.31. The van der Waals surface area contributed by atoms with Gasteiger partial charge in [0.2, 0.25) is 5.91 Å². The van der Waals surface area contributed by atoms with Crippen molar-refractivity contribution in [2.45, 2.75) is 71.4 Å². The van der Waals surface area contributed by atoms with Gasteiger partial charge < -0.3 is 14.6 Å². The van der Waals surface area contributed by atoms with E-state index in [1.807, 2.05) is 18.0 Å². The zero-order valence-electron chi connectivity index (χ0n) is 17.8. The number of hydrogen-bond acceptors (Lipinski definition) is 4. The van der Waals surface area contributed by atoms with Crippen molar-refractivity contribution in [1.82, 2.24) is 15.2 Å². The summed E-state index contributed by atoms with van der Waals surface area (Å²) < 4.78 is 5.16. The smallest absolute Gasteiger partial charge is 0.287 e. The second-order valence-electron chi connectivity index (χ2n) is 8.59. The van der Waals surface area contributed by atoms with E-state index >= 15 is 0 Å². The van der Waals surface area contributed by atoms with E-state index in [4.69, 9.17) is 4.42 Å². The Morgan fingerprint density at radius 2 is 2.10 bits per heavy atom. The van der Waals surface area contributed by atoms with Crippen LogP contribution in [-0.4, -0.2) is 28.2 Å². The molecule has 1 saturated carbocycles. The van der Waals surface area contributed by atoms with E-state index in [2.05, 4.69) is 10.3 Å². The molecule has 0 bridgehead atoms. The van der Waals surface area contributed by atoms with Crippen LogP contribution in [0.25, 0.3) is 0 Å². The number of furan rings is 1. The lowest BCUT2D eigenvalue weighted by molar-refractivity contribution is -0.132. The van der Waals surface area contributed by atoms with Crippen molar-refractivity contribution in [2.24, 2.45) is 5.92 Å². The molecule has 2 aromatic rings. The molecule has 6 nitrogen and oxygen atoms in total. The highest BCUT2D eigenvalue weighted by atomic mass is 16.3. The Kier molecular flexibility index (Phi) is 6.50. The van der Waals surface area contributed by atoms with Gasteiger partial charge in [-0.2, -0.15) is 0 Å². The summed E-state index contributed by atoms with van der Waals surface area (Å²) in [5.74, 6) is 1.07. The van der Waals surface area contributed by atoms with Gasteiger partial charge in [0.25, 0.3) is 5.91 Å². The molecule has 2 amide bonds. The Morgan fingerprint density at radius 1 is 1.27 bits per heavy atom. The minimum absolute atomic E-state index is 0.229. The highest BCUT2D eigenvalue weighted by Gasteiger charge is 2.25. The summed E-state index contributed by atoms with van der Waals surface area (Å²) in [5.41, 5.74) is 4.30. The molecule has 0 spiro atoms. The molecule has 1 N–H and O–H groups in total. The van der Waals surface area contributed by atoms with Crippen molar-refractivity contribution in [3.05, 3.63) is 52.7 Å². The third kappa shape index (κ3) is 4.74. The van der Waals surface area contributed by atoms with E-state index < -0.39 is 0 Å². The summed E-state index contributed by atoms with van der Waals surface area (Å²) in [6.45, 7) is 3.73. The minimum Gasteiger partial charge on any atom is -0.459 e. The molecule has 0 unspecified atom stereocenters. The van der Waals surface area contributed by atoms with Crippen LogP contribution in [0.2, 0.25) is 0 Å².